The molecule has 0 spiro atoms. The molecule has 0 saturated heterocycles. The van der Waals surface area contributed by atoms with Gasteiger partial charge in [0.05, 0.1) is 25.7 Å². The molecule has 0 aliphatic rings. The minimum Gasteiger partial charge on any atom is -0.267 e. The number of hydrogen-bond acceptors (Lipinski definition) is 4. The maximum Gasteiger partial charge on any atom is 0.399 e. The summed E-state index contributed by atoms with van der Waals surface area (Å²) in [5.74, 6) is -4.07. The smallest absolute Gasteiger partial charge is 0.267 e. The lowest BCUT2D eigenvalue weighted by Gasteiger charge is -2.19. The highest BCUT2D eigenvalue weighted by atomic mass is 35.5. The number of aromatic nitrogens is 2. The molecule has 0 aliphatic carbocycles. The number of benzene rings is 2. The van der Waals surface area contributed by atoms with E-state index in [2.05, 4.69) is 15.4 Å². The quantitative estimate of drug-likeness (QED) is 0.190. The second-order valence-corrected chi connectivity index (χ2v) is 8.68. The van der Waals surface area contributed by atoms with Crippen LogP contribution >= 0.6 is 46.4 Å². The summed E-state index contributed by atoms with van der Waals surface area (Å²) in [6.45, 7) is 0. The van der Waals surface area contributed by atoms with Crippen LogP contribution in [0.15, 0.2) is 54.9 Å². The summed E-state index contributed by atoms with van der Waals surface area (Å²) in [6, 6.07) is 6.86. The number of amides is 1. The van der Waals surface area contributed by atoms with Gasteiger partial charge in [-0.05, 0) is 42.0 Å². The van der Waals surface area contributed by atoms with Crippen molar-refractivity contribution >= 4 is 64.1 Å². The Labute approximate surface area is 217 Å². The van der Waals surface area contributed by atoms with Crippen molar-refractivity contribution < 1.29 is 22.4 Å². The zero-order chi connectivity index (χ0) is 25.9. The molecule has 1 amide bonds. The van der Waals surface area contributed by atoms with Crippen molar-refractivity contribution in [2.45, 2.75) is 12.1 Å². The summed E-state index contributed by atoms with van der Waals surface area (Å²) in [5, 5.41) is 0.520. The number of nitrogens with zero attached hydrogens (tertiary/aromatic N) is 3. The summed E-state index contributed by atoms with van der Waals surface area (Å²) >= 11 is 23.6. The van der Waals surface area contributed by atoms with Gasteiger partial charge in [-0.2, -0.15) is 13.2 Å². The van der Waals surface area contributed by atoms with Crippen LogP contribution in [0.2, 0.25) is 20.1 Å². The standard InChI is InChI=1S/C22H14Cl4F4N4O/c1-34(21-31-5-2-6-32-21)33-20(35)13-4-3-11(7-15(13)23)18(27)10-14(22(28,29)30)12-8-16(24)19(26)17(25)9-12/h2-10,14H,1H3,(H,33,35)/b18-10-. The Balaban J connectivity index is 1.88. The first-order valence-corrected chi connectivity index (χ1v) is 11.1. The highest BCUT2D eigenvalue weighted by Crippen LogP contribution is 2.42. The average Bonchev–Trinajstić information content (AvgIpc) is 2.80. The molecule has 2 aromatic carbocycles. The van der Waals surface area contributed by atoms with Crippen LogP contribution in [0.25, 0.3) is 5.83 Å². The lowest BCUT2D eigenvalue weighted by molar-refractivity contribution is -0.139. The summed E-state index contributed by atoms with van der Waals surface area (Å²) < 4.78 is 56.1. The van der Waals surface area contributed by atoms with E-state index in [9.17, 15) is 22.4 Å². The number of rotatable bonds is 6. The minimum absolute atomic E-state index is 0.0466. The summed E-state index contributed by atoms with van der Waals surface area (Å²) in [5.41, 5.74) is 1.76. The van der Waals surface area contributed by atoms with Gasteiger partial charge >= 0.3 is 6.18 Å². The predicted molar refractivity (Wildman–Crippen MR) is 129 cm³/mol. The van der Waals surface area contributed by atoms with Gasteiger partial charge in [-0.15, -0.1) is 0 Å². The van der Waals surface area contributed by atoms with Crippen LogP contribution in [0, 0.1) is 0 Å². The summed E-state index contributed by atoms with van der Waals surface area (Å²) in [6.07, 6.45) is -1.56. The van der Waals surface area contributed by atoms with Crippen LogP contribution in [0.1, 0.15) is 27.4 Å². The third-order valence-corrected chi connectivity index (χ3v) is 6.15. The predicted octanol–water partition coefficient (Wildman–Crippen LogP) is 7.53. The fourth-order valence-corrected chi connectivity index (χ4v) is 3.83. The van der Waals surface area contributed by atoms with Crippen molar-refractivity contribution in [3.8, 4) is 0 Å². The highest BCUT2D eigenvalue weighted by Gasteiger charge is 2.40. The van der Waals surface area contributed by atoms with Crippen LogP contribution in [0.3, 0.4) is 0 Å². The van der Waals surface area contributed by atoms with E-state index in [4.69, 9.17) is 46.4 Å². The molecule has 0 fully saturated rings. The molecule has 0 radical (unpaired) electrons. The molecule has 35 heavy (non-hydrogen) atoms. The normalized spacial score (nSPS) is 12.9. The lowest BCUT2D eigenvalue weighted by atomic mass is 9.96. The number of nitrogens with one attached hydrogen (secondary N) is 1. The zero-order valence-corrected chi connectivity index (χ0v) is 20.6. The van der Waals surface area contributed by atoms with Crippen LogP contribution in [0.4, 0.5) is 23.5 Å². The van der Waals surface area contributed by atoms with Gasteiger partial charge < -0.3 is 0 Å². The van der Waals surface area contributed by atoms with E-state index in [0.29, 0.717) is 6.08 Å². The number of allylic oxidation sites excluding steroid dienone is 1. The van der Waals surface area contributed by atoms with Gasteiger partial charge in [0.1, 0.15) is 11.7 Å². The van der Waals surface area contributed by atoms with Crippen molar-refractivity contribution in [1.29, 1.82) is 0 Å². The average molecular weight is 568 g/mol. The van der Waals surface area contributed by atoms with Crippen LogP contribution in [-0.2, 0) is 0 Å². The van der Waals surface area contributed by atoms with Crippen molar-refractivity contribution in [3.05, 3.63) is 91.6 Å². The Kier molecular flexibility index (Phi) is 8.48. The highest BCUT2D eigenvalue weighted by molar-refractivity contribution is 6.48. The molecular weight excluding hydrogens is 554 g/mol. The number of carbonyl (C=O) groups is 1. The van der Waals surface area contributed by atoms with Crippen molar-refractivity contribution in [1.82, 2.24) is 15.4 Å². The number of carbonyl (C=O) groups excluding carboxylic acids is 1. The maximum atomic E-state index is 14.9. The van der Waals surface area contributed by atoms with Crippen molar-refractivity contribution in [2.24, 2.45) is 0 Å². The molecule has 13 heteroatoms. The van der Waals surface area contributed by atoms with Gasteiger partial charge in [0.15, 0.2) is 0 Å². The Morgan fingerprint density at radius 3 is 2.17 bits per heavy atom. The summed E-state index contributed by atoms with van der Waals surface area (Å²) in [7, 11) is 1.49. The Morgan fingerprint density at radius 1 is 1.03 bits per heavy atom. The van der Waals surface area contributed by atoms with Crippen LogP contribution < -0.4 is 10.4 Å². The van der Waals surface area contributed by atoms with Gasteiger partial charge in [0.25, 0.3) is 5.91 Å². The first-order valence-electron chi connectivity index (χ1n) is 9.58. The van der Waals surface area contributed by atoms with Gasteiger partial charge in [-0.1, -0.05) is 52.5 Å². The number of hydrogen-bond donors (Lipinski definition) is 1. The molecule has 0 saturated carbocycles. The van der Waals surface area contributed by atoms with E-state index in [1.54, 1.807) is 6.07 Å². The van der Waals surface area contributed by atoms with E-state index in [0.717, 1.165) is 24.3 Å². The number of anilines is 1. The molecular formula is C22H14Cl4F4N4O. The second kappa shape index (κ2) is 11.0. The molecule has 1 unspecified atom stereocenters. The Morgan fingerprint density at radius 2 is 1.63 bits per heavy atom. The van der Waals surface area contributed by atoms with Crippen LogP contribution in [0.5, 0.6) is 0 Å². The molecule has 184 valence electrons. The van der Waals surface area contributed by atoms with Gasteiger partial charge in [0, 0.05) is 25.0 Å². The van der Waals surface area contributed by atoms with Gasteiger partial charge in [-0.3, -0.25) is 15.2 Å². The molecule has 0 aliphatic heterocycles. The number of hydrazine groups is 1. The van der Waals surface area contributed by atoms with E-state index in [-0.39, 0.29) is 37.2 Å². The SMILES string of the molecule is CN(NC(=O)c1ccc(/C(F)=C/C(c2cc(Cl)c(Cl)c(Cl)c2)C(F)(F)F)cc1Cl)c1ncccn1. The molecule has 3 aromatic rings. The van der Waals surface area contributed by atoms with Crippen LogP contribution in [-0.4, -0.2) is 29.1 Å². The fraction of sp³-hybridized carbons (Fsp3) is 0.136. The fourth-order valence-electron chi connectivity index (χ4n) is 2.95. The third kappa shape index (κ3) is 6.55. The lowest BCUT2D eigenvalue weighted by Crippen LogP contribution is -2.40. The molecule has 0 bridgehead atoms. The van der Waals surface area contributed by atoms with Crippen molar-refractivity contribution in [3.63, 3.8) is 0 Å². The molecule has 1 atom stereocenters. The molecule has 3 rings (SSSR count). The second-order valence-electron chi connectivity index (χ2n) is 7.08. The summed E-state index contributed by atoms with van der Waals surface area (Å²) in [4.78, 5) is 20.5. The maximum absolute atomic E-state index is 14.9. The monoisotopic (exact) mass is 566 g/mol. The molecule has 1 heterocycles. The Hall–Kier alpha value is -2.59. The topological polar surface area (TPSA) is 58.1 Å². The third-order valence-electron chi connectivity index (χ3n) is 4.64. The van der Waals surface area contributed by atoms with Gasteiger partial charge in [-0.25, -0.2) is 14.4 Å². The molecule has 1 aromatic heterocycles. The number of halogens is 8. The van der Waals surface area contributed by atoms with E-state index >= 15 is 0 Å². The molecule has 5 nitrogen and oxygen atoms in total. The van der Waals surface area contributed by atoms with E-state index < -0.39 is 29.4 Å². The van der Waals surface area contributed by atoms with Gasteiger partial charge in [0.2, 0.25) is 5.95 Å². The zero-order valence-electron chi connectivity index (χ0n) is 17.5. The first kappa shape index (κ1) is 27.0. The van der Waals surface area contributed by atoms with Crippen molar-refractivity contribution in [2.75, 3.05) is 12.1 Å². The first-order chi connectivity index (χ1) is 16.4. The van der Waals surface area contributed by atoms with E-state index in [1.807, 2.05) is 0 Å². The van der Waals surface area contributed by atoms with E-state index in [1.165, 1.54) is 30.5 Å². The molecule has 1 N–H and O–H groups in total. The number of alkyl halides is 3. The largest absolute Gasteiger partial charge is 0.399 e. The Bertz CT molecular complexity index is 1250. The minimum atomic E-state index is -4.87.